The molecule has 6 nitrogen and oxygen atoms in total. The predicted octanol–water partition coefficient (Wildman–Crippen LogP) is 3.69. The van der Waals surface area contributed by atoms with Crippen molar-refractivity contribution in [1.82, 2.24) is 0 Å². The number of carboxylic acid groups (broad SMARTS) is 1. The number of rotatable bonds is 11. The Morgan fingerprint density at radius 3 is 2.61 bits per heavy atom. The first kappa shape index (κ1) is 23.4. The van der Waals surface area contributed by atoms with Gasteiger partial charge in [0.2, 0.25) is 0 Å². The minimum Gasteiger partial charge on any atom is -0.481 e. The molecular formula is C25H32O6. The van der Waals surface area contributed by atoms with Crippen LogP contribution in [0.2, 0.25) is 0 Å². The number of aliphatic hydroxyl groups excluding tert-OH is 1. The minimum atomic E-state index is -0.832. The van der Waals surface area contributed by atoms with E-state index < -0.39 is 17.9 Å². The van der Waals surface area contributed by atoms with Gasteiger partial charge >= 0.3 is 5.97 Å². The van der Waals surface area contributed by atoms with Crippen LogP contribution in [0, 0.1) is 11.8 Å². The molecule has 1 heterocycles. The first-order chi connectivity index (χ1) is 15.0. The molecule has 0 unspecified atom stereocenters. The summed E-state index contributed by atoms with van der Waals surface area (Å²) in [6, 6.07) is 10.1. The number of Topliss-reactive ketones (excluding diaryl/α,β-unsaturated/α-hetero) is 1. The molecule has 2 aliphatic rings. The van der Waals surface area contributed by atoms with Crippen molar-refractivity contribution < 1.29 is 29.3 Å². The Balaban J connectivity index is 1.60. The molecular weight excluding hydrogens is 396 g/mol. The first-order valence-corrected chi connectivity index (χ1v) is 11.1. The predicted molar refractivity (Wildman–Crippen MR) is 116 cm³/mol. The molecule has 6 heteroatoms. The van der Waals surface area contributed by atoms with Crippen LogP contribution < -0.4 is 0 Å². The van der Waals surface area contributed by atoms with Gasteiger partial charge < -0.3 is 19.7 Å². The van der Waals surface area contributed by atoms with E-state index in [1.165, 1.54) is 5.56 Å². The summed E-state index contributed by atoms with van der Waals surface area (Å²) in [7, 11) is 0. The number of carbonyl (C=O) groups excluding carboxylic acids is 1. The topological polar surface area (TPSA) is 93.1 Å². The smallest absolute Gasteiger partial charge is 0.303 e. The van der Waals surface area contributed by atoms with Gasteiger partial charge in [0, 0.05) is 31.1 Å². The normalized spacial score (nSPS) is 25.7. The Bertz CT molecular complexity index is 778. The Morgan fingerprint density at radius 2 is 1.90 bits per heavy atom. The van der Waals surface area contributed by atoms with Gasteiger partial charge in [0.15, 0.2) is 5.79 Å². The number of aliphatic hydroxyl groups is 1. The van der Waals surface area contributed by atoms with Crippen molar-refractivity contribution in [2.24, 2.45) is 11.8 Å². The SMILES string of the molecule is O=C(O)CCC/C=C\C[C@H]1[C@@H](O)CC(=O)[C@@H]1/C=C/C1(CCc2ccccc2)OCCO1. The number of unbranched alkanes of at least 4 members (excludes halogenated alkanes) is 1. The quantitative estimate of drug-likeness (QED) is 0.413. The molecule has 1 saturated carbocycles. The molecule has 0 spiro atoms. The van der Waals surface area contributed by atoms with Gasteiger partial charge in [-0.25, -0.2) is 0 Å². The van der Waals surface area contributed by atoms with E-state index in [9.17, 15) is 14.7 Å². The number of benzene rings is 1. The molecule has 3 rings (SSSR count). The number of allylic oxidation sites excluding steroid dienone is 3. The molecule has 0 bridgehead atoms. The second-order valence-electron chi connectivity index (χ2n) is 8.27. The van der Waals surface area contributed by atoms with Gasteiger partial charge in [-0.1, -0.05) is 48.6 Å². The van der Waals surface area contributed by atoms with E-state index in [0.717, 1.165) is 6.42 Å². The Hall–Kier alpha value is -2.28. The fourth-order valence-corrected chi connectivity index (χ4v) is 4.28. The maximum atomic E-state index is 12.5. The summed E-state index contributed by atoms with van der Waals surface area (Å²) in [6.07, 6.45) is 10.5. The molecule has 0 radical (unpaired) electrons. The van der Waals surface area contributed by atoms with Crippen molar-refractivity contribution in [2.45, 2.75) is 56.8 Å². The standard InChI is InChI=1S/C25H32O6/c26-22-18-23(27)21(20(22)10-6-1-2-7-11-24(28)29)13-15-25(30-16-17-31-25)14-12-19-8-4-3-5-9-19/h1,3-6,8-9,13,15,20-22,26H,2,7,10-12,14,16-18H2,(H,28,29)/b6-1-,15-13+/t20-,21-,22+/m1/s1. The third-order valence-corrected chi connectivity index (χ3v) is 6.01. The van der Waals surface area contributed by atoms with Crippen LogP contribution in [0.15, 0.2) is 54.6 Å². The van der Waals surface area contributed by atoms with Crippen LogP contribution in [-0.2, 0) is 25.5 Å². The number of aliphatic carboxylic acids is 1. The van der Waals surface area contributed by atoms with Crippen LogP contribution in [0.5, 0.6) is 0 Å². The molecule has 0 aromatic heterocycles. The van der Waals surface area contributed by atoms with Crippen LogP contribution >= 0.6 is 0 Å². The van der Waals surface area contributed by atoms with Gasteiger partial charge in [0.05, 0.1) is 19.3 Å². The van der Waals surface area contributed by atoms with E-state index in [0.29, 0.717) is 38.9 Å². The summed E-state index contributed by atoms with van der Waals surface area (Å²) < 4.78 is 11.8. The number of hydrogen-bond acceptors (Lipinski definition) is 5. The molecule has 2 N–H and O–H groups in total. The van der Waals surface area contributed by atoms with Crippen molar-refractivity contribution in [3.63, 3.8) is 0 Å². The lowest BCUT2D eigenvalue weighted by Gasteiger charge is -2.25. The highest BCUT2D eigenvalue weighted by molar-refractivity contribution is 5.86. The highest BCUT2D eigenvalue weighted by Gasteiger charge is 2.41. The van der Waals surface area contributed by atoms with Crippen LogP contribution in [0.25, 0.3) is 0 Å². The number of ether oxygens (including phenoxy) is 2. The molecule has 168 valence electrons. The largest absolute Gasteiger partial charge is 0.481 e. The molecule has 3 atom stereocenters. The van der Waals surface area contributed by atoms with E-state index in [1.807, 2.05) is 42.5 Å². The average Bonchev–Trinajstić information content (AvgIpc) is 3.32. The summed E-state index contributed by atoms with van der Waals surface area (Å²) in [5.41, 5.74) is 1.20. The van der Waals surface area contributed by atoms with E-state index in [1.54, 1.807) is 0 Å². The second-order valence-corrected chi connectivity index (χ2v) is 8.27. The maximum Gasteiger partial charge on any atom is 0.303 e. The lowest BCUT2D eigenvalue weighted by molar-refractivity contribution is -0.137. The molecule has 1 aromatic rings. The zero-order valence-corrected chi connectivity index (χ0v) is 17.8. The first-order valence-electron chi connectivity index (χ1n) is 11.1. The van der Waals surface area contributed by atoms with Crippen LogP contribution in [0.4, 0.5) is 0 Å². The molecule has 1 aliphatic heterocycles. The van der Waals surface area contributed by atoms with Gasteiger partial charge in [-0.3, -0.25) is 9.59 Å². The highest BCUT2D eigenvalue weighted by atomic mass is 16.7. The van der Waals surface area contributed by atoms with Gasteiger partial charge in [0.25, 0.3) is 0 Å². The summed E-state index contributed by atoms with van der Waals surface area (Å²) in [5, 5.41) is 19.1. The van der Waals surface area contributed by atoms with Crippen molar-refractivity contribution in [1.29, 1.82) is 0 Å². The number of carbonyl (C=O) groups is 2. The lowest BCUT2D eigenvalue weighted by atomic mass is 9.89. The molecule has 2 fully saturated rings. The summed E-state index contributed by atoms with van der Waals surface area (Å²) in [6.45, 7) is 1.03. The Kier molecular flexibility index (Phi) is 8.58. The van der Waals surface area contributed by atoms with Crippen molar-refractivity contribution in [2.75, 3.05) is 13.2 Å². The highest BCUT2D eigenvalue weighted by Crippen LogP contribution is 2.35. The maximum absolute atomic E-state index is 12.5. The van der Waals surface area contributed by atoms with E-state index in [4.69, 9.17) is 14.6 Å². The molecule has 1 aliphatic carbocycles. The van der Waals surface area contributed by atoms with Crippen LogP contribution in [-0.4, -0.2) is 47.1 Å². The lowest BCUT2D eigenvalue weighted by Crippen LogP contribution is -2.29. The third kappa shape index (κ3) is 6.86. The Morgan fingerprint density at radius 1 is 1.16 bits per heavy atom. The zero-order valence-electron chi connectivity index (χ0n) is 17.8. The van der Waals surface area contributed by atoms with Crippen molar-refractivity contribution >= 4 is 11.8 Å². The van der Waals surface area contributed by atoms with Crippen LogP contribution in [0.3, 0.4) is 0 Å². The van der Waals surface area contributed by atoms with Crippen molar-refractivity contribution in [3.8, 4) is 0 Å². The molecule has 1 saturated heterocycles. The van der Waals surface area contributed by atoms with E-state index >= 15 is 0 Å². The van der Waals surface area contributed by atoms with Crippen molar-refractivity contribution in [3.05, 3.63) is 60.2 Å². The fraction of sp³-hybridized carbons (Fsp3) is 0.520. The zero-order chi connectivity index (χ0) is 22.1. The number of aryl methyl sites for hydroxylation is 1. The van der Waals surface area contributed by atoms with Gasteiger partial charge in [-0.05, 0) is 37.3 Å². The molecule has 1 aromatic carbocycles. The number of ketones is 1. The van der Waals surface area contributed by atoms with E-state index in [-0.39, 0.29) is 30.5 Å². The van der Waals surface area contributed by atoms with E-state index in [2.05, 4.69) is 12.1 Å². The molecule has 31 heavy (non-hydrogen) atoms. The summed E-state index contributed by atoms with van der Waals surface area (Å²) >= 11 is 0. The second kappa shape index (κ2) is 11.4. The minimum absolute atomic E-state index is 0.0317. The Labute approximate surface area is 183 Å². The van der Waals surface area contributed by atoms with Crippen LogP contribution in [0.1, 0.15) is 44.1 Å². The monoisotopic (exact) mass is 428 g/mol. The fourth-order valence-electron chi connectivity index (χ4n) is 4.28. The van der Waals surface area contributed by atoms with Gasteiger partial charge in [0.1, 0.15) is 5.78 Å². The summed E-state index contributed by atoms with van der Waals surface area (Å²) in [5.74, 6) is -2.16. The third-order valence-electron chi connectivity index (χ3n) is 6.01. The summed E-state index contributed by atoms with van der Waals surface area (Å²) in [4.78, 5) is 23.1. The number of carboxylic acids is 1. The van der Waals surface area contributed by atoms with Gasteiger partial charge in [-0.2, -0.15) is 0 Å². The van der Waals surface area contributed by atoms with Gasteiger partial charge in [-0.15, -0.1) is 0 Å². The number of hydrogen-bond donors (Lipinski definition) is 2. The average molecular weight is 429 g/mol. The molecule has 0 amide bonds.